The monoisotopic (exact) mass is 561 g/mol. The van der Waals surface area contributed by atoms with Gasteiger partial charge in [-0.2, -0.15) is 5.10 Å². The molecule has 0 atom stereocenters. The van der Waals surface area contributed by atoms with Gasteiger partial charge in [-0.3, -0.25) is 14.3 Å². The molecule has 0 spiro atoms. The van der Waals surface area contributed by atoms with E-state index in [1.165, 1.54) is 0 Å². The number of benzene rings is 1. The topological polar surface area (TPSA) is 103 Å². The average Bonchev–Trinajstić information content (AvgIpc) is 3.36. The van der Waals surface area contributed by atoms with Gasteiger partial charge in [-0.15, -0.1) is 11.3 Å². The van der Waals surface area contributed by atoms with Crippen molar-refractivity contribution in [2.75, 3.05) is 5.32 Å². The minimum absolute atomic E-state index is 0.0452. The molecule has 0 aliphatic heterocycles. The molecule has 0 aliphatic carbocycles. The molecule has 3 N–H and O–H groups in total. The summed E-state index contributed by atoms with van der Waals surface area (Å²) in [6, 6.07) is 9.25. The second kappa shape index (κ2) is 10.4. The maximum atomic E-state index is 13.5. The van der Waals surface area contributed by atoms with E-state index < -0.39 is 59.7 Å². The summed E-state index contributed by atoms with van der Waals surface area (Å²) in [5.74, 6) is -2.08. The van der Waals surface area contributed by atoms with Gasteiger partial charge in [0.1, 0.15) is 33.3 Å². The van der Waals surface area contributed by atoms with Crippen LogP contribution in [0.25, 0.3) is 21.3 Å². The Kier molecular flexibility index (Phi) is 7.41. The summed E-state index contributed by atoms with van der Waals surface area (Å²) in [4.78, 5) is 28.6. The van der Waals surface area contributed by atoms with Crippen LogP contribution in [-0.4, -0.2) is 26.6 Å². The van der Waals surface area contributed by atoms with Crippen molar-refractivity contribution in [1.82, 2.24) is 14.8 Å². The number of hydrogen-bond donors (Lipinski definition) is 2. The number of carbonyl (C=O) groups excluding carboxylic acids is 2. The number of pyridine rings is 1. The Morgan fingerprint density at radius 2 is 1.73 bits per heavy atom. The highest BCUT2D eigenvalue weighted by Crippen LogP contribution is 2.42. The molecule has 3 heterocycles. The summed E-state index contributed by atoms with van der Waals surface area (Å²) in [6.45, 7) is -0.981. The van der Waals surface area contributed by atoms with Crippen LogP contribution in [0.5, 0.6) is 0 Å². The number of fused-ring (bicyclic) bond motifs is 1. The van der Waals surface area contributed by atoms with Crippen LogP contribution in [0.2, 0.25) is 5.02 Å². The molecule has 37 heavy (non-hydrogen) atoms. The minimum Gasteiger partial charge on any atom is -0.365 e. The van der Waals surface area contributed by atoms with Gasteiger partial charge in [0.15, 0.2) is 0 Å². The number of nitrogens with one attached hydrogen (secondary N) is 1. The van der Waals surface area contributed by atoms with Crippen LogP contribution >= 0.6 is 22.9 Å². The van der Waals surface area contributed by atoms with Gasteiger partial charge in [0, 0.05) is 5.39 Å². The number of anilines is 1. The van der Waals surface area contributed by atoms with Crippen LogP contribution < -0.4 is 11.1 Å². The highest BCUT2D eigenvalue weighted by atomic mass is 35.5. The lowest BCUT2D eigenvalue weighted by Crippen LogP contribution is -2.23. The lowest BCUT2D eigenvalue weighted by atomic mass is 10.0. The fraction of sp³-hybridized carbons (Fsp3) is 0.182. The lowest BCUT2D eigenvalue weighted by molar-refractivity contribution is -0.117. The van der Waals surface area contributed by atoms with Crippen LogP contribution in [0.15, 0.2) is 36.4 Å². The fourth-order valence-electron chi connectivity index (χ4n) is 3.62. The third-order valence-electron chi connectivity index (χ3n) is 5.14. The van der Waals surface area contributed by atoms with E-state index in [2.05, 4.69) is 15.4 Å². The highest BCUT2D eigenvalue weighted by Gasteiger charge is 2.30. The van der Waals surface area contributed by atoms with Gasteiger partial charge >= 0.3 is 0 Å². The third kappa shape index (κ3) is 5.11. The summed E-state index contributed by atoms with van der Waals surface area (Å²) in [5, 5.41) is 4.80. The maximum Gasteiger partial charge on any atom is 0.283 e. The van der Waals surface area contributed by atoms with E-state index >= 15 is 0 Å². The molecule has 194 valence electrons. The molecule has 7 nitrogen and oxygen atoms in total. The maximum absolute atomic E-state index is 13.5. The highest BCUT2D eigenvalue weighted by molar-refractivity contribution is 7.21. The smallest absolute Gasteiger partial charge is 0.283 e. The van der Waals surface area contributed by atoms with E-state index in [0.717, 1.165) is 6.07 Å². The summed E-state index contributed by atoms with van der Waals surface area (Å²) in [7, 11) is 0. The molecule has 0 aliphatic rings. The number of rotatable bonds is 8. The molecule has 2 amide bonds. The summed E-state index contributed by atoms with van der Waals surface area (Å²) in [5.41, 5.74) is 3.07. The zero-order valence-electron chi connectivity index (χ0n) is 18.2. The molecule has 3 aromatic heterocycles. The number of primary amides is 1. The van der Waals surface area contributed by atoms with Crippen molar-refractivity contribution in [2.24, 2.45) is 5.73 Å². The summed E-state index contributed by atoms with van der Waals surface area (Å²) < 4.78 is 80.6. The predicted molar refractivity (Wildman–Crippen MR) is 124 cm³/mol. The summed E-state index contributed by atoms with van der Waals surface area (Å²) >= 11 is 6.26. The number of halogens is 7. The Morgan fingerprint density at radius 3 is 2.30 bits per heavy atom. The van der Waals surface area contributed by atoms with Crippen LogP contribution in [0.4, 0.5) is 32.0 Å². The Hall–Kier alpha value is -3.65. The molecular weight excluding hydrogens is 548 g/mol. The Labute approximate surface area is 212 Å². The molecule has 1 aromatic carbocycles. The van der Waals surface area contributed by atoms with Crippen molar-refractivity contribution in [1.29, 1.82) is 0 Å². The Morgan fingerprint density at radius 1 is 1.05 bits per heavy atom. The number of nitrogens with zero attached hydrogens (tertiary/aromatic N) is 3. The number of amides is 2. The Bertz CT molecular complexity index is 1490. The standard InChI is InChI=1S/C22H14ClF6N5O2S/c23-13-15(19(26)27)33-34(16(13)20(28)29)7-11(35)32-14-12-9(8-4-2-1-3-5-8)6-10(18(24)25)31-22(12)37-17(14)21(30)36/h1-6,18-20H,7H2,(H2,30,36)(H,32,35). The number of carbonyl (C=O) groups is 2. The van der Waals surface area contributed by atoms with Gasteiger partial charge in [-0.05, 0) is 17.2 Å². The lowest BCUT2D eigenvalue weighted by Gasteiger charge is -2.12. The molecule has 4 aromatic rings. The van der Waals surface area contributed by atoms with E-state index in [1.54, 1.807) is 30.3 Å². The average molecular weight is 562 g/mol. The van der Waals surface area contributed by atoms with Gasteiger partial charge in [0.05, 0.1) is 10.7 Å². The first kappa shape index (κ1) is 26.4. The number of hydrogen-bond acceptors (Lipinski definition) is 5. The van der Waals surface area contributed by atoms with Crippen molar-refractivity contribution < 1.29 is 35.9 Å². The van der Waals surface area contributed by atoms with Gasteiger partial charge < -0.3 is 11.1 Å². The molecular formula is C22H14ClF6N5O2S. The third-order valence-corrected chi connectivity index (χ3v) is 6.63. The fourth-order valence-corrected chi connectivity index (χ4v) is 4.94. The number of alkyl halides is 6. The van der Waals surface area contributed by atoms with Gasteiger partial charge in [-0.1, -0.05) is 41.9 Å². The van der Waals surface area contributed by atoms with E-state index in [4.69, 9.17) is 17.3 Å². The van der Waals surface area contributed by atoms with Gasteiger partial charge in [0.2, 0.25) is 5.91 Å². The summed E-state index contributed by atoms with van der Waals surface area (Å²) in [6.07, 6.45) is -9.56. The van der Waals surface area contributed by atoms with Gasteiger partial charge in [-0.25, -0.2) is 31.3 Å². The van der Waals surface area contributed by atoms with Crippen molar-refractivity contribution in [3.05, 3.63) is 63.4 Å². The molecule has 15 heteroatoms. The van der Waals surface area contributed by atoms with Crippen molar-refractivity contribution in [3.63, 3.8) is 0 Å². The minimum atomic E-state index is -3.33. The van der Waals surface area contributed by atoms with Crippen molar-refractivity contribution in [2.45, 2.75) is 25.8 Å². The van der Waals surface area contributed by atoms with Crippen LogP contribution in [0.3, 0.4) is 0 Å². The molecule has 0 unspecified atom stereocenters. The molecule has 0 bridgehead atoms. The predicted octanol–water partition coefficient (Wildman–Crippen LogP) is 6.36. The van der Waals surface area contributed by atoms with Crippen LogP contribution in [0.1, 0.15) is 46.0 Å². The molecule has 0 fully saturated rings. The number of nitrogens with two attached hydrogens (primary N) is 1. The molecule has 0 radical (unpaired) electrons. The van der Waals surface area contributed by atoms with E-state index in [1.807, 2.05) is 0 Å². The van der Waals surface area contributed by atoms with E-state index in [9.17, 15) is 35.9 Å². The molecule has 0 saturated carbocycles. The molecule has 0 saturated heterocycles. The second-order valence-corrected chi connectivity index (χ2v) is 8.88. The van der Waals surface area contributed by atoms with E-state index in [0.29, 0.717) is 21.6 Å². The largest absolute Gasteiger partial charge is 0.365 e. The first-order valence-corrected chi connectivity index (χ1v) is 11.4. The SMILES string of the molecule is NC(=O)c1sc2nc(C(F)F)cc(-c3ccccc3)c2c1NC(=O)Cn1nc(C(F)F)c(Cl)c1C(F)F. The van der Waals surface area contributed by atoms with Crippen molar-refractivity contribution in [3.8, 4) is 11.1 Å². The van der Waals surface area contributed by atoms with Crippen LogP contribution in [0, 0.1) is 0 Å². The number of aromatic nitrogens is 3. The Balaban J connectivity index is 1.83. The van der Waals surface area contributed by atoms with Crippen LogP contribution in [-0.2, 0) is 11.3 Å². The molecule has 4 rings (SSSR count). The zero-order valence-corrected chi connectivity index (χ0v) is 19.8. The normalized spacial score (nSPS) is 11.7. The van der Waals surface area contributed by atoms with Gasteiger partial charge in [0.25, 0.3) is 25.2 Å². The van der Waals surface area contributed by atoms with E-state index in [-0.39, 0.29) is 26.3 Å². The number of thiophene rings is 1. The quantitative estimate of drug-likeness (QED) is 0.244. The zero-order chi connectivity index (χ0) is 27.0. The van der Waals surface area contributed by atoms with Crippen molar-refractivity contribution >= 4 is 50.7 Å². The first-order chi connectivity index (χ1) is 17.5. The second-order valence-electron chi connectivity index (χ2n) is 7.50. The first-order valence-electron chi connectivity index (χ1n) is 10.2.